The number of aromatic amines is 1. The smallest absolute Gasteiger partial charge is 0.183 e. The molecule has 0 aromatic carbocycles. The molecular weight excluding hydrogens is 202 g/mol. The van der Waals surface area contributed by atoms with Gasteiger partial charge in [0, 0.05) is 12.1 Å². The standard InChI is InChI=1S/C9H11NO3S/c11-9(8-2-1-4-10-8)7-3-5-14(12,13)6-7/h1-2,4,7,10H,3,5-6H2. The van der Waals surface area contributed by atoms with Crippen molar-refractivity contribution in [3.05, 3.63) is 24.0 Å². The van der Waals surface area contributed by atoms with Crippen molar-refractivity contribution in [1.29, 1.82) is 0 Å². The number of sulfone groups is 1. The van der Waals surface area contributed by atoms with Crippen molar-refractivity contribution in [3.63, 3.8) is 0 Å². The van der Waals surface area contributed by atoms with Gasteiger partial charge in [0.25, 0.3) is 0 Å². The second-order valence-electron chi connectivity index (χ2n) is 3.55. The first-order valence-electron chi connectivity index (χ1n) is 4.46. The van der Waals surface area contributed by atoms with Crippen LogP contribution in [0.25, 0.3) is 0 Å². The Morgan fingerprint density at radius 2 is 2.29 bits per heavy atom. The number of rotatable bonds is 2. The summed E-state index contributed by atoms with van der Waals surface area (Å²) in [5, 5.41) is 0. The van der Waals surface area contributed by atoms with E-state index in [1.54, 1.807) is 18.3 Å². The highest BCUT2D eigenvalue weighted by Gasteiger charge is 2.33. The van der Waals surface area contributed by atoms with E-state index in [2.05, 4.69) is 4.98 Å². The Bertz CT molecular complexity index is 433. The molecule has 0 spiro atoms. The van der Waals surface area contributed by atoms with Crippen LogP contribution < -0.4 is 0 Å². The quantitative estimate of drug-likeness (QED) is 0.733. The molecule has 1 unspecified atom stereocenters. The van der Waals surface area contributed by atoms with Crippen LogP contribution in [0.5, 0.6) is 0 Å². The van der Waals surface area contributed by atoms with Gasteiger partial charge in [-0.3, -0.25) is 4.79 Å². The highest BCUT2D eigenvalue weighted by atomic mass is 32.2. The van der Waals surface area contributed by atoms with Crippen molar-refractivity contribution in [3.8, 4) is 0 Å². The molecule has 5 heteroatoms. The number of ketones is 1. The summed E-state index contributed by atoms with van der Waals surface area (Å²) in [6.45, 7) is 0. The number of carbonyl (C=O) groups excluding carboxylic acids is 1. The first-order valence-corrected chi connectivity index (χ1v) is 6.29. The van der Waals surface area contributed by atoms with E-state index in [-0.39, 0.29) is 23.2 Å². The van der Waals surface area contributed by atoms with Crippen LogP contribution in [0.4, 0.5) is 0 Å². The Hall–Kier alpha value is -1.10. The first kappa shape index (κ1) is 9.45. The van der Waals surface area contributed by atoms with Crippen LogP contribution in [0.2, 0.25) is 0 Å². The number of hydrogen-bond donors (Lipinski definition) is 1. The van der Waals surface area contributed by atoms with E-state index in [1.807, 2.05) is 0 Å². The van der Waals surface area contributed by atoms with Gasteiger partial charge in [-0.2, -0.15) is 0 Å². The second kappa shape index (κ2) is 3.24. The lowest BCUT2D eigenvalue weighted by atomic mass is 10.0. The van der Waals surface area contributed by atoms with Crippen LogP contribution in [0.3, 0.4) is 0 Å². The minimum absolute atomic E-state index is 0.00481. The van der Waals surface area contributed by atoms with Crippen molar-refractivity contribution in [2.45, 2.75) is 6.42 Å². The van der Waals surface area contributed by atoms with Gasteiger partial charge >= 0.3 is 0 Å². The number of nitrogens with one attached hydrogen (secondary N) is 1. The molecule has 1 aliphatic rings. The number of carbonyl (C=O) groups is 1. The summed E-state index contributed by atoms with van der Waals surface area (Å²) in [6.07, 6.45) is 2.12. The molecule has 1 saturated heterocycles. The Kier molecular flexibility index (Phi) is 2.19. The van der Waals surface area contributed by atoms with E-state index >= 15 is 0 Å². The lowest BCUT2D eigenvalue weighted by Crippen LogP contribution is -2.16. The van der Waals surface area contributed by atoms with E-state index in [1.165, 1.54) is 0 Å². The molecule has 1 aliphatic heterocycles. The molecule has 0 aliphatic carbocycles. The summed E-state index contributed by atoms with van der Waals surface area (Å²) < 4.78 is 22.3. The van der Waals surface area contributed by atoms with Gasteiger partial charge in [-0.15, -0.1) is 0 Å². The molecule has 1 fully saturated rings. The monoisotopic (exact) mass is 213 g/mol. The van der Waals surface area contributed by atoms with Gasteiger partial charge in [0.05, 0.1) is 17.2 Å². The summed E-state index contributed by atoms with van der Waals surface area (Å²) in [5.74, 6) is -0.288. The van der Waals surface area contributed by atoms with Crippen molar-refractivity contribution in [2.75, 3.05) is 11.5 Å². The van der Waals surface area contributed by atoms with Gasteiger partial charge in [0.15, 0.2) is 15.6 Å². The minimum atomic E-state index is -2.97. The van der Waals surface area contributed by atoms with Crippen molar-refractivity contribution < 1.29 is 13.2 Å². The first-order chi connectivity index (χ1) is 6.58. The fraction of sp³-hybridized carbons (Fsp3) is 0.444. The van der Waals surface area contributed by atoms with E-state index in [0.29, 0.717) is 12.1 Å². The molecule has 1 N–H and O–H groups in total. The lowest BCUT2D eigenvalue weighted by Gasteiger charge is -2.03. The summed E-state index contributed by atoms with van der Waals surface area (Å²) in [7, 11) is -2.97. The van der Waals surface area contributed by atoms with E-state index in [4.69, 9.17) is 0 Å². The van der Waals surface area contributed by atoms with Crippen molar-refractivity contribution >= 4 is 15.6 Å². The maximum atomic E-state index is 11.7. The predicted octanol–water partition coefficient (Wildman–Crippen LogP) is 0.632. The average molecular weight is 213 g/mol. The third kappa shape index (κ3) is 1.72. The largest absolute Gasteiger partial charge is 0.359 e. The van der Waals surface area contributed by atoms with Crippen LogP contribution in [-0.2, 0) is 9.84 Å². The Labute approximate surface area is 82.2 Å². The van der Waals surface area contributed by atoms with E-state index < -0.39 is 9.84 Å². The van der Waals surface area contributed by atoms with Gasteiger partial charge in [-0.05, 0) is 18.6 Å². The average Bonchev–Trinajstić information content (AvgIpc) is 2.72. The fourth-order valence-corrected chi connectivity index (χ4v) is 3.45. The number of H-pyrrole nitrogens is 1. The topological polar surface area (TPSA) is 67.0 Å². The Balaban J connectivity index is 2.16. The highest BCUT2D eigenvalue weighted by molar-refractivity contribution is 7.91. The Morgan fingerprint density at radius 1 is 1.50 bits per heavy atom. The van der Waals surface area contributed by atoms with Crippen LogP contribution in [0, 0.1) is 5.92 Å². The van der Waals surface area contributed by atoms with Crippen molar-refractivity contribution in [2.24, 2.45) is 5.92 Å². The molecule has 2 rings (SSSR count). The summed E-state index contributed by atoms with van der Waals surface area (Å²) >= 11 is 0. The highest BCUT2D eigenvalue weighted by Crippen LogP contribution is 2.21. The molecule has 1 aromatic rings. The molecule has 1 atom stereocenters. The zero-order chi connectivity index (χ0) is 10.2. The van der Waals surface area contributed by atoms with E-state index in [0.717, 1.165) is 0 Å². The second-order valence-corrected chi connectivity index (χ2v) is 5.78. The number of aromatic nitrogens is 1. The SMILES string of the molecule is O=C(c1ccc[nH]1)C1CCS(=O)(=O)C1. The van der Waals surface area contributed by atoms with Gasteiger partial charge in [-0.1, -0.05) is 0 Å². The zero-order valence-electron chi connectivity index (χ0n) is 7.56. The summed E-state index contributed by atoms with van der Waals surface area (Å²) in [4.78, 5) is 14.5. The number of Topliss-reactive ketones (excluding diaryl/α,β-unsaturated/α-hetero) is 1. The molecule has 2 heterocycles. The normalized spacial score (nSPS) is 25.0. The van der Waals surface area contributed by atoms with E-state index in [9.17, 15) is 13.2 Å². The van der Waals surface area contributed by atoms with Crippen LogP contribution >= 0.6 is 0 Å². The summed E-state index contributed by atoms with van der Waals surface area (Å²) in [6, 6.07) is 3.41. The lowest BCUT2D eigenvalue weighted by molar-refractivity contribution is 0.0929. The minimum Gasteiger partial charge on any atom is -0.359 e. The molecule has 0 amide bonds. The van der Waals surface area contributed by atoms with Crippen LogP contribution in [0.1, 0.15) is 16.9 Å². The molecule has 4 nitrogen and oxygen atoms in total. The maximum Gasteiger partial charge on any atom is 0.183 e. The molecular formula is C9H11NO3S. The summed E-state index contributed by atoms with van der Waals surface area (Å²) in [5.41, 5.74) is 0.507. The fourth-order valence-electron chi connectivity index (χ4n) is 1.71. The third-order valence-corrected chi connectivity index (χ3v) is 4.23. The van der Waals surface area contributed by atoms with Gasteiger partial charge in [-0.25, -0.2) is 8.42 Å². The van der Waals surface area contributed by atoms with Gasteiger partial charge in [0.2, 0.25) is 0 Å². The van der Waals surface area contributed by atoms with Crippen LogP contribution in [0.15, 0.2) is 18.3 Å². The molecule has 1 aromatic heterocycles. The van der Waals surface area contributed by atoms with Gasteiger partial charge in [0.1, 0.15) is 0 Å². The van der Waals surface area contributed by atoms with Crippen molar-refractivity contribution in [1.82, 2.24) is 4.98 Å². The Morgan fingerprint density at radius 3 is 2.79 bits per heavy atom. The van der Waals surface area contributed by atoms with Crippen LogP contribution in [-0.4, -0.2) is 30.7 Å². The number of hydrogen-bond acceptors (Lipinski definition) is 3. The molecule has 0 saturated carbocycles. The molecule has 14 heavy (non-hydrogen) atoms. The third-order valence-electron chi connectivity index (χ3n) is 2.47. The molecule has 0 bridgehead atoms. The zero-order valence-corrected chi connectivity index (χ0v) is 8.38. The predicted molar refractivity (Wildman–Crippen MR) is 51.9 cm³/mol. The maximum absolute atomic E-state index is 11.7. The molecule has 76 valence electrons. The van der Waals surface area contributed by atoms with Gasteiger partial charge < -0.3 is 4.98 Å². The molecule has 0 radical (unpaired) electrons.